The summed E-state index contributed by atoms with van der Waals surface area (Å²) in [5.74, 6) is -0.931. The zero-order valence-electron chi connectivity index (χ0n) is 6.78. The SMILES string of the molecule is Nc1ccc(C(=O)O)cc1.[Cl-].[Cl-].[Cl-].[Cr+3]. The summed E-state index contributed by atoms with van der Waals surface area (Å²) in [5.41, 5.74) is 6.17. The molecular formula is C7H7Cl3CrNO2. The zero-order chi connectivity index (χ0) is 7.56. The number of halogens is 3. The van der Waals surface area contributed by atoms with E-state index in [9.17, 15) is 4.79 Å². The van der Waals surface area contributed by atoms with E-state index in [1.165, 1.54) is 12.1 Å². The number of carboxylic acid groups (broad SMARTS) is 1. The summed E-state index contributed by atoms with van der Waals surface area (Å²) >= 11 is 0. The van der Waals surface area contributed by atoms with Crippen molar-refractivity contribution in [3.05, 3.63) is 29.8 Å². The third kappa shape index (κ3) is 7.31. The Labute approximate surface area is 111 Å². The molecular weight excluding hydrogens is 288 g/mol. The molecule has 1 aromatic carbocycles. The summed E-state index contributed by atoms with van der Waals surface area (Å²) in [6.45, 7) is 0. The number of nitrogens with two attached hydrogens (primary N) is 1. The van der Waals surface area contributed by atoms with Crippen LogP contribution in [0.3, 0.4) is 0 Å². The van der Waals surface area contributed by atoms with Crippen LogP contribution in [0.2, 0.25) is 0 Å². The Morgan fingerprint density at radius 1 is 1.07 bits per heavy atom. The Morgan fingerprint density at radius 3 is 1.71 bits per heavy atom. The van der Waals surface area contributed by atoms with Gasteiger partial charge in [-0.3, -0.25) is 0 Å². The van der Waals surface area contributed by atoms with Crippen molar-refractivity contribution in [2.75, 3.05) is 5.73 Å². The van der Waals surface area contributed by atoms with E-state index < -0.39 is 5.97 Å². The van der Waals surface area contributed by atoms with Crippen molar-refractivity contribution in [2.45, 2.75) is 0 Å². The van der Waals surface area contributed by atoms with Gasteiger partial charge in [-0.2, -0.15) is 0 Å². The third-order valence-corrected chi connectivity index (χ3v) is 1.16. The largest absolute Gasteiger partial charge is 3.00 e. The molecule has 3 N–H and O–H groups in total. The third-order valence-electron chi connectivity index (χ3n) is 1.16. The average Bonchev–Trinajstić information content (AvgIpc) is 1.88. The molecule has 1 radical (unpaired) electrons. The van der Waals surface area contributed by atoms with Crippen LogP contribution in [0.1, 0.15) is 10.4 Å². The first-order chi connectivity index (χ1) is 4.70. The minimum Gasteiger partial charge on any atom is -1.00 e. The summed E-state index contributed by atoms with van der Waals surface area (Å²) < 4.78 is 0. The molecule has 0 saturated heterocycles. The van der Waals surface area contributed by atoms with E-state index in [4.69, 9.17) is 10.8 Å². The fourth-order valence-corrected chi connectivity index (χ4v) is 0.626. The predicted molar refractivity (Wildman–Crippen MR) is 37.8 cm³/mol. The van der Waals surface area contributed by atoms with E-state index in [0.29, 0.717) is 5.69 Å². The Hall–Kier alpha value is -0.108. The maximum atomic E-state index is 10.3. The molecule has 79 valence electrons. The molecule has 0 heterocycles. The van der Waals surface area contributed by atoms with Gasteiger partial charge in [0.1, 0.15) is 0 Å². The van der Waals surface area contributed by atoms with E-state index in [1.807, 2.05) is 0 Å². The van der Waals surface area contributed by atoms with Crippen LogP contribution in [0.4, 0.5) is 5.69 Å². The van der Waals surface area contributed by atoms with E-state index in [2.05, 4.69) is 0 Å². The predicted octanol–water partition coefficient (Wildman–Crippen LogP) is -8.02. The first-order valence-corrected chi connectivity index (χ1v) is 2.79. The van der Waals surface area contributed by atoms with Crippen molar-refractivity contribution in [1.82, 2.24) is 0 Å². The molecule has 0 aliphatic heterocycles. The average molecular weight is 295 g/mol. The van der Waals surface area contributed by atoms with Gasteiger partial charge in [0.25, 0.3) is 0 Å². The van der Waals surface area contributed by atoms with Gasteiger partial charge in [-0.15, -0.1) is 0 Å². The van der Waals surface area contributed by atoms with Crippen LogP contribution in [-0.2, 0) is 17.4 Å². The minimum absolute atomic E-state index is 0. The van der Waals surface area contributed by atoms with Gasteiger partial charge in [0.2, 0.25) is 0 Å². The van der Waals surface area contributed by atoms with Crippen LogP contribution in [0, 0.1) is 0 Å². The van der Waals surface area contributed by atoms with E-state index in [0.717, 1.165) is 0 Å². The van der Waals surface area contributed by atoms with Crippen LogP contribution >= 0.6 is 0 Å². The normalized spacial score (nSPS) is 6.57. The van der Waals surface area contributed by atoms with Gasteiger partial charge >= 0.3 is 23.3 Å². The van der Waals surface area contributed by atoms with Gasteiger partial charge in [0.05, 0.1) is 5.56 Å². The van der Waals surface area contributed by atoms with Crippen molar-refractivity contribution in [3.63, 3.8) is 0 Å². The van der Waals surface area contributed by atoms with Crippen LogP contribution in [0.15, 0.2) is 24.3 Å². The molecule has 3 nitrogen and oxygen atoms in total. The molecule has 0 atom stereocenters. The van der Waals surface area contributed by atoms with Gasteiger partial charge in [-0.25, -0.2) is 4.79 Å². The molecule has 7 heteroatoms. The maximum absolute atomic E-state index is 10.3. The molecule has 0 aromatic heterocycles. The molecule has 0 unspecified atom stereocenters. The molecule has 0 aliphatic rings. The van der Waals surface area contributed by atoms with Crippen LogP contribution in [0.5, 0.6) is 0 Å². The molecule has 14 heavy (non-hydrogen) atoms. The van der Waals surface area contributed by atoms with Gasteiger partial charge in [0, 0.05) is 5.69 Å². The topological polar surface area (TPSA) is 63.3 Å². The molecule has 0 bridgehead atoms. The van der Waals surface area contributed by atoms with Crippen molar-refractivity contribution in [1.29, 1.82) is 0 Å². The van der Waals surface area contributed by atoms with Crippen LogP contribution in [0.25, 0.3) is 0 Å². The number of nitrogen functional groups attached to an aromatic ring is 1. The van der Waals surface area contributed by atoms with Crippen LogP contribution in [-0.4, -0.2) is 11.1 Å². The zero-order valence-corrected chi connectivity index (χ0v) is 10.3. The Kier molecular flexibility index (Phi) is 18.5. The quantitative estimate of drug-likeness (QED) is 0.506. The van der Waals surface area contributed by atoms with Gasteiger partial charge < -0.3 is 48.1 Å². The molecule has 1 rings (SSSR count). The van der Waals surface area contributed by atoms with Crippen molar-refractivity contribution in [2.24, 2.45) is 0 Å². The first-order valence-electron chi connectivity index (χ1n) is 2.79. The Balaban J connectivity index is -0.000000125. The van der Waals surface area contributed by atoms with Crippen molar-refractivity contribution < 1.29 is 64.5 Å². The Morgan fingerprint density at radius 2 is 1.43 bits per heavy atom. The molecule has 0 saturated carbocycles. The summed E-state index contributed by atoms with van der Waals surface area (Å²) in [7, 11) is 0. The summed E-state index contributed by atoms with van der Waals surface area (Å²) in [6, 6.07) is 6.06. The van der Waals surface area contributed by atoms with E-state index in [1.54, 1.807) is 12.1 Å². The van der Waals surface area contributed by atoms with Crippen LogP contribution < -0.4 is 43.0 Å². The number of aromatic carboxylic acids is 1. The maximum Gasteiger partial charge on any atom is 3.00 e. The second kappa shape index (κ2) is 11.0. The van der Waals surface area contributed by atoms with Gasteiger partial charge in [-0.1, -0.05) is 0 Å². The summed E-state index contributed by atoms with van der Waals surface area (Å²) in [6.07, 6.45) is 0. The molecule has 0 fully saturated rings. The fourth-order valence-electron chi connectivity index (χ4n) is 0.626. The summed E-state index contributed by atoms with van der Waals surface area (Å²) in [5, 5.41) is 8.43. The molecule has 0 spiro atoms. The van der Waals surface area contributed by atoms with Gasteiger partial charge in [0.15, 0.2) is 0 Å². The minimum atomic E-state index is -0.931. The first kappa shape index (κ1) is 23.6. The Bertz CT molecular complexity index is 256. The van der Waals surface area contributed by atoms with Gasteiger partial charge in [-0.05, 0) is 24.3 Å². The molecule has 0 aliphatic carbocycles. The number of benzene rings is 1. The number of anilines is 1. The standard InChI is InChI=1S/C7H7NO2.3ClH.Cr/c8-6-3-1-5(2-4-6)7(9)10;;;;/h1-4H,8H2,(H,9,10);3*1H;/q;;;;+3/p-3. The monoisotopic (exact) mass is 294 g/mol. The second-order valence-electron chi connectivity index (χ2n) is 1.93. The smallest absolute Gasteiger partial charge is 1.00 e. The summed E-state index contributed by atoms with van der Waals surface area (Å²) in [4.78, 5) is 10.3. The number of hydrogen-bond acceptors (Lipinski definition) is 2. The molecule has 0 amide bonds. The van der Waals surface area contributed by atoms with Crippen molar-refractivity contribution >= 4 is 11.7 Å². The number of rotatable bonds is 1. The number of carboxylic acids is 1. The second-order valence-corrected chi connectivity index (χ2v) is 1.93. The number of hydrogen-bond donors (Lipinski definition) is 2. The fraction of sp³-hybridized carbons (Fsp3) is 0. The number of carbonyl (C=O) groups is 1. The van der Waals surface area contributed by atoms with E-state index in [-0.39, 0.29) is 60.1 Å². The van der Waals surface area contributed by atoms with E-state index >= 15 is 0 Å². The molecule has 1 aromatic rings. The van der Waals surface area contributed by atoms with Crippen molar-refractivity contribution in [3.8, 4) is 0 Å².